The molecule has 0 unspecified atom stereocenters. The maximum atomic E-state index is 12.7. The van der Waals surface area contributed by atoms with Gasteiger partial charge in [0.05, 0.1) is 29.9 Å². The van der Waals surface area contributed by atoms with Gasteiger partial charge in [-0.3, -0.25) is 9.59 Å². The summed E-state index contributed by atoms with van der Waals surface area (Å²) in [5.74, 6) is 0.0696. The van der Waals surface area contributed by atoms with E-state index >= 15 is 0 Å². The van der Waals surface area contributed by atoms with Crippen LogP contribution in [0.1, 0.15) is 36.2 Å². The molecule has 2 aromatic carbocycles. The molecule has 152 valence electrons. The molecule has 0 aliphatic rings. The molecule has 7 heteroatoms. The second kappa shape index (κ2) is 9.05. The van der Waals surface area contributed by atoms with E-state index in [9.17, 15) is 9.59 Å². The Labute approximate surface area is 173 Å². The van der Waals surface area contributed by atoms with Crippen LogP contribution in [0.25, 0.3) is 10.2 Å². The Kier molecular flexibility index (Phi) is 6.49. The van der Waals surface area contributed by atoms with Crippen molar-refractivity contribution in [1.82, 2.24) is 4.57 Å². The third-order valence-corrected chi connectivity index (χ3v) is 5.32. The Hall–Kier alpha value is -2.93. The van der Waals surface area contributed by atoms with Crippen LogP contribution in [-0.4, -0.2) is 29.7 Å². The number of esters is 1. The van der Waals surface area contributed by atoms with Gasteiger partial charge in [0.1, 0.15) is 5.75 Å². The highest BCUT2D eigenvalue weighted by molar-refractivity contribution is 7.16. The van der Waals surface area contributed by atoms with E-state index in [0.29, 0.717) is 22.7 Å². The number of carbonyl (C=O) groups excluding carboxylic acids is 2. The van der Waals surface area contributed by atoms with E-state index in [1.807, 2.05) is 37.5 Å². The quantitative estimate of drug-likeness (QED) is 0.572. The summed E-state index contributed by atoms with van der Waals surface area (Å²) in [6.45, 7) is 6.30. The number of thiazole rings is 1. The van der Waals surface area contributed by atoms with Crippen molar-refractivity contribution in [3.8, 4) is 5.75 Å². The lowest BCUT2D eigenvalue weighted by atomic mass is 10.2. The van der Waals surface area contributed by atoms with Crippen LogP contribution in [0.3, 0.4) is 0 Å². The number of fused-ring (bicyclic) bond motifs is 1. The summed E-state index contributed by atoms with van der Waals surface area (Å²) in [5.41, 5.74) is 2.54. The zero-order chi connectivity index (χ0) is 21.0. The second-order valence-corrected chi connectivity index (χ2v) is 7.95. The van der Waals surface area contributed by atoms with Crippen molar-refractivity contribution in [3.05, 3.63) is 58.4 Å². The van der Waals surface area contributed by atoms with Crippen molar-refractivity contribution in [1.29, 1.82) is 0 Å². The van der Waals surface area contributed by atoms with Gasteiger partial charge in [0.25, 0.3) is 5.91 Å². The largest absolute Gasteiger partial charge is 0.491 e. The molecule has 0 radical (unpaired) electrons. The van der Waals surface area contributed by atoms with Crippen LogP contribution in [0.15, 0.2) is 47.5 Å². The summed E-state index contributed by atoms with van der Waals surface area (Å²) < 4.78 is 13.3. The molecule has 0 atom stereocenters. The molecule has 1 aromatic heterocycles. The fraction of sp³-hybridized carbons (Fsp3) is 0.318. The molecule has 0 N–H and O–H groups in total. The van der Waals surface area contributed by atoms with Gasteiger partial charge < -0.3 is 14.0 Å². The zero-order valence-corrected chi connectivity index (χ0v) is 17.8. The van der Waals surface area contributed by atoms with Crippen LogP contribution >= 0.6 is 11.3 Å². The standard InChI is InChI=1S/C22H24N2O4S/c1-14(2)28-17-8-6-16(7-9-17)21(26)23-22-24(12-11-20(25)27-4)18-10-5-15(3)13-19(18)29-22/h5-10,13-14H,11-12H2,1-4H3. The number of amides is 1. The van der Waals surface area contributed by atoms with E-state index < -0.39 is 0 Å². The van der Waals surface area contributed by atoms with Gasteiger partial charge in [-0.2, -0.15) is 4.99 Å². The number of hydrogen-bond donors (Lipinski definition) is 0. The predicted molar refractivity (Wildman–Crippen MR) is 113 cm³/mol. The molecule has 1 heterocycles. The molecule has 1 amide bonds. The minimum atomic E-state index is -0.337. The molecule has 0 fully saturated rings. The minimum Gasteiger partial charge on any atom is -0.491 e. The topological polar surface area (TPSA) is 69.9 Å². The fourth-order valence-corrected chi connectivity index (χ4v) is 4.04. The summed E-state index contributed by atoms with van der Waals surface area (Å²) >= 11 is 1.43. The first-order valence-electron chi connectivity index (χ1n) is 9.40. The maximum Gasteiger partial charge on any atom is 0.307 e. The Balaban J connectivity index is 1.97. The lowest BCUT2D eigenvalue weighted by Crippen LogP contribution is -2.19. The van der Waals surface area contributed by atoms with Crippen LogP contribution in [0.5, 0.6) is 5.75 Å². The zero-order valence-electron chi connectivity index (χ0n) is 17.0. The number of nitrogens with zero attached hydrogens (tertiary/aromatic N) is 2. The Morgan fingerprint density at radius 3 is 2.52 bits per heavy atom. The van der Waals surface area contributed by atoms with Gasteiger partial charge >= 0.3 is 5.97 Å². The Bertz CT molecular complexity index is 1090. The highest BCUT2D eigenvalue weighted by Crippen LogP contribution is 2.20. The average Bonchev–Trinajstić information content (AvgIpc) is 3.01. The molecule has 0 saturated carbocycles. The van der Waals surface area contributed by atoms with Crippen molar-refractivity contribution >= 4 is 33.4 Å². The van der Waals surface area contributed by atoms with Crippen LogP contribution in [0.2, 0.25) is 0 Å². The second-order valence-electron chi connectivity index (χ2n) is 6.94. The number of aryl methyl sites for hydroxylation is 2. The van der Waals surface area contributed by atoms with E-state index in [0.717, 1.165) is 15.8 Å². The van der Waals surface area contributed by atoms with E-state index in [1.54, 1.807) is 24.3 Å². The molecule has 0 bridgehead atoms. The van der Waals surface area contributed by atoms with Crippen LogP contribution in [0.4, 0.5) is 0 Å². The molecule has 3 aromatic rings. The van der Waals surface area contributed by atoms with E-state index in [-0.39, 0.29) is 24.4 Å². The SMILES string of the molecule is COC(=O)CCn1c(=NC(=O)c2ccc(OC(C)C)cc2)sc2cc(C)ccc21. The van der Waals surface area contributed by atoms with Crippen molar-refractivity contribution in [3.63, 3.8) is 0 Å². The molecule has 29 heavy (non-hydrogen) atoms. The van der Waals surface area contributed by atoms with Gasteiger partial charge in [0.2, 0.25) is 0 Å². The summed E-state index contributed by atoms with van der Waals surface area (Å²) in [4.78, 5) is 29.2. The number of methoxy groups -OCH3 is 1. The normalized spacial score (nSPS) is 11.8. The first-order valence-corrected chi connectivity index (χ1v) is 10.2. The first-order chi connectivity index (χ1) is 13.9. The summed E-state index contributed by atoms with van der Waals surface area (Å²) in [6.07, 6.45) is 0.274. The molecule has 0 aliphatic carbocycles. The number of ether oxygens (including phenoxy) is 2. The van der Waals surface area contributed by atoms with Gasteiger partial charge in [-0.25, -0.2) is 0 Å². The van der Waals surface area contributed by atoms with Crippen LogP contribution in [0, 0.1) is 6.92 Å². The number of carbonyl (C=O) groups is 2. The summed E-state index contributed by atoms with van der Waals surface area (Å²) in [6, 6.07) is 13.0. The molecule has 3 rings (SSSR count). The van der Waals surface area contributed by atoms with Crippen molar-refractivity contribution in [2.75, 3.05) is 7.11 Å². The fourth-order valence-electron chi connectivity index (χ4n) is 2.89. The van der Waals surface area contributed by atoms with E-state index in [4.69, 9.17) is 9.47 Å². The summed E-state index contributed by atoms with van der Waals surface area (Å²) in [5, 5.41) is 0. The smallest absolute Gasteiger partial charge is 0.307 e. The lowest BCUT2D eigenvalue weighted by Gasteiger charge is -2.09. The van der Waals surface area contributed by atoms with Crippen LogP contribution < -0.4 is 9.54 Å². The third kappa shape index (κ3) is 5.12. The van der Waals surface area contributed by atoms with E-state index in [1.165, 1.54) is 18.4 Å². The lowest BCUT2D eigenvalue weighted by molar-refractivity contribution is -0.140. The van der Waals surface area contributed by atoms with Crippen molar-refractivity contribution < 1.29 is 19.1 Å². The molecular weight excluding hydrogens is 388 g/mol. The number of aromatic nitrogens is 1. The number of rotatable bonds is 6. The minimum absolute atomic E-state index is 0.0667. The highest BCUT2D eigenvalue weighted by atomic mass is 32.1. The Morgan fingerprint density at radius 2 is 1.86 bits per heavy atom. The van der Waals surface area contributed by atoms with Gasteiger partial charge in [0, 0.05) is 12.1 Å². The van der Waals surface area contributed by atoms with Crippen LogP contribution in [-0.2, 0) is 16.1 Å². The highest BCUT2D eigenvalue weighted by Gasteiger charge is 2.11. The first kappa shape index (κ1) is 20.8. The van der Waals surface area contributed by atoms with Gasteiger partial charge in [-0.05, 0) is 62.7 Å². The van der Waals surface area contributed by atoms with Crippen molar-refractivity contribution in [2.24, 2.45) is 4.99 Å². The monoisotopic (exact) mass is 412 g/mol. The molecule has 6 nitrogen and oxygen atoms in total. The predicted octanol–water partition coefficient (Wildman–Crippen LogP) is 4.10. The number of benzene rings is 2. The van der Waals surface area contributed by atoms with Gasteiger partial charge in [-0.1, -0.05) is 17.4 Å². The third-order valence-electron chi connectivity index (χ3n) is 4.28. The molecule has 0 saturated heterocycles. The van der Waals surface area contributed by atoms with E-state index in [2.05, 4.69) is 11.1 Å². The molecule has 0 spiro atoms. The molecule has 0 aliphatic heterocycles. The van der Waals surface area contributed by atoms with Gasteiger partial charge in [-0.15, -0.1) is 0 Å². The average molecular weight is 413 g/mol. The Morgan fingerprint density at radius 1 is 1.14 bits per heavy atom. The maximum absolute atomic E-state index is 12.7. The molecular formula is C22H24N2O4S. The number of hydrogen-bond acceptors (Lipinski definition) is 5. The van der Waals surface area contributed by atoms with Crippen molar-refractivity contribution in [2.45, 2.75) is 39.8 Å². The van der Waals surface area contributed by atoms with Gasteiger partial charge in [0.15, 0.2) is 4.80 Å². The summed E-state index contributed by atoms with van der Waals surface area (Å²) in [7, 11) is 1.36.